The van der Waals surface area contributed by atoms with E-state index in [0.29, 0.717) is 21.4 Å². The second-order valence-corrected chi connectivity index (χ2v) is 7.50. The number of benzene rings is 1. The van der Waals surface area contributed by atoms with Crippen LogP contribution in [0.2, 0.25) is 10.0 Å². The smallest absolute Gasteiger partial charge is 0.347 e. The molecule has 10 heteroatoms. The average Bonchev–Trinajstić information content (AvgIpc) is 2.59. The standard InChI is InChI=1S/C17H24Cl2N4O3S/c1-6-11(3)23(17(26-7-2)20-15(24)22(4)5)16(25)21-27-14-9-12(18)8-13(19)10-14/h8-11H,6-7H2,1-5H3,(H,21,25). The first kappa shape index (κ1) is 23.4. The number of amides is 4. The maximum Gasteiger partial charge on any atom is 0.347 e. The number of urea groups is 2. The maximum atomic E-state index is 12.8. The maximum absolute atomic E-state index is 12.8. The van der Waals surface area contributed by atoms with Gasteiger partial charge in [-0.05, 0) is 50.4 Å². The summed E-state index contributed by atoms with van der Waals surface area (Å²) in [6, 6.07) is 3.69. The van der Waals surface area contributed by atoms with Gasteiger partial charge in [-0.15, -0.1) is 4.99 Å². The zero-order chi connectivity index (χ0) is 20.6. The fraction of sp³-hybridized carbons (Fsp3) is 0.471. The van der Waals surface area contributed by atoms with Crippen LogP contribution in [0.3, 0.4) is 0 Å². The number of nitrogens with zero attached hydrogens (tertiary/aromatic N) is 3. The van der Waals surface area contributed by atoms with Crippen LogP contribution in [0.1, 0.15) is 27.2 Å². The molecular weight excluding hydrogens is 411 g/mol. The molecule has 0 aliphatic rings. The molecule has 0 spiro atoms. The fourth-order valence-electron chi connectivity index (χ4n) is 1.86. The SMILES string of the molecule is CCOC(=NC(=O)N(C)C)N(C(=O)NSc1cc(Cl)cc(Cl)c1)C(C)CC. The average molecular weight is 435 g/mol. The highest BCUT2D eigenvalue weighted by atomic mass is 35.5. The fourth-order valence-corrected chi connectivity index (χ4v) is 3.19. The molecule has 27 heavy (non-hydrogen) atoms. The largest absolute Gasteiger partial charge is 0.465 e. The van der Waals surface area contributed by atoms with Crippen LogP contribution in [0, 0.1) is 0 Å². The molecule has 7 nitrogen and oxygen atoms in total. The third kappa shape index (κ3) is 7.48. The van der Waals surface area contributed by atoms with Crippen molar-refractivity contribution in [1.82, 2.24) is 14.5 Å². The van der Waals surface area contributed by atoms with E-state index in [2.05, 4.69) is 9.71 Å². The van der Waals surface area contributed by atoms with Gasteiger partial charge in [-0.2, -0.15) is 0 Å². The number of rotatable bonds is 5. The second-order valence-electron chi connectivity index (χ2n) is 5.75. The lowest BCUT2D eigenvalue weighted by atomic mass is 10.2. The summed E-state index contributed by atoms with van der Waals surface area (Å²) in [4.78, 5) is 32.0. The molecule has 1 aromatic rings. The summed E-state index contributed by atoms with van der Waals surface area (Å²) in [6.07, 6.45) is 0.642. The number of carbonyl (C=O) groups excluding carboxylic acids is 2. The number of aliphatic imine (C=N–C) groups is 1. The lowest BCUT2D eigenvalue weighted by Crippen LogP contribution is -2.48. The number of hydrogen-bond acceptors (Lipinski definition) is 4. The van der Waals surface area contributed by atoms with Gasteiger partial charge in [-0.25, -0.2) is 14.5 Å². The molecule has 0 radical (unpaired) electrons. The molecule has 1 atom stereocenters. The van der Waals surface area contributed by atoms with Crippen molar-refractivity contribution in [3.63, 3.8) is 0 Å². The van der Waals surface area contributed by atoms with E-state index in [-0.39, 0.29) is 18.7 Å². The molecule has 1 N–H and O–H groups in total. The Hall–Kier alpha value is -1.64. The van der Waals surface area contributed by atoms with Gasteiger partial charge in [0.1, 0.15) is 0 Å². The Bertz CT molecular complexity index is 681. The molecule has 0 fully saturated rings. The van der Waals surface area contributed by atoms with Crippen molar-refractivity contribution < 1.29 is 14.3 Å². The van der Waals surface area contributed by atoms with Crippen LogP contribution in [0.5, 0.6) is 0 Å². The van der Waals surface area contributed by atoms with Crippen LogP contribution in [-0.2, 0) is 4.74 Å². The van der Waals surface area contributed by atoms with Gasteiger partial charge in [0.25, 0.3) is 0 Å². The quantitative estimate of drug-likeness (QED) is 0.406. The molecule has 4 amide bonds. The van der Waals surface area contributed by atoms with E-state index < -0.39 is 12.1 Å². The minimum atomic E-state index is -0.520. The van der Waals surface area contributed by atoms with Gasteiger partial charge in [0.05, 0.1) is 6.61 Å². The molecule has 1 aromatic carbocycles. The minimum Gasteiger partial charge on any atom is -0.465 e. The zero-order valence-corrected chi connectivity index (χ0v) is 18.3. The van der Waals surface area contributed by atoms with Gasteiger partial charge >= 0.3 is 18.1 Å². The van der Waals surface area contributed by atoms with E-state index in [9.17, 15) is 9.59 Å². The van der Waals surface area contributed by atoms with Crippen LogP contribution in [0.25, 0.3) is 0 Å². The lowest BCUT2D eigenvalue weighted by Gasteiger charge is -2.28. The van der Waals surface area contributed by atoms with Gasteiger partial charge in [0.15, 0.2) is 0 Å². The normalized spacial score (nSPS) is 12.3. The van der Waals surface area contributed by atoms with E-state index in [4.69, 9.17) is 27.9 Å². The van der Waals surface area contributed by atoms with E-state index in [1.54, 1.807) is 39.2 Å². The third-order valence-corrected chi connectivity index (χ3v) is 4.58. The Balaban J connectivity index is 3.05. The van der Waals surface area contributed by atoms with E-state index in [1.165, 1.54) is 9.80 Å². The summed E-state index contributed by atoms with van der Waals surface area (Å²) in [5, 5.41) is 0.928. The van der Waals surface area contributed by atoms with E-state index in [0.717, 1.165) is 11.9 Å². The van der Waals surface area contributed by atoms with Gasteiger partial charge in [-0.1, -0.05) is 30.1 Å². The molecule has 0 bridgehead atoms. The molecule has 0 saturated carbocycles. The molecule has 0 aromatic heterocycles. The van der Waals surface area contributed by atoms with Crippen molar-refractivity contribution in [2.75, 3.05) is 20.7 Å². The van der Waals surface area contributed by atoms with Crippen molar-refractivity contribution in [3.8, 4) is 0 Å². The number of nitrogens with one attached hydrogen (secondary N) is 1. The summed E-state index contributed by atoms with van der Waals surface area (Å²) in [7, 11) is 3.14. The summed E-state index contributed by atoms with van der Waals surface area (Å²) in [6.45, 7) is 5.78. The predicted molar refractivity (Wildman–Crippen MR) is 111 cm³/mol. The molecule has 1 unspecified atom stereocenters. The molecule has 0 aliphatic heterocycles. The van der Waals surface area contributed by atoms with Gasteiger partial charge in [-0.3, -0.25) is 4.72 Å². The zero-order valence-electron chi connectivity index (χ0n) is 16.0. The van der Waals surface area contributed by atoms with Crippen molar-refractivity contribution in [3.05, 3.63) is 28.2 Å². The number of ether oxygens (including phenoxy) is 1. The lowest BCUT2D eigenvalue weighted by molar-refractivity contribution is 0.188. The topological polar surface area (TPSA) is 74.2 Å². The Morgan fingerprint density at radius 1 is 1.22 bits per heavy atom. The van der Waals surface area contributed by atoms with Crippen LogP contribution in [-0.4, -0.2) is 54.6 Å². The first-order chi connectivity index (χ1) is 12.7. The monoisotopic (exact) mass is 434 g/mol. The Labute approximate surface area is 174 Å². The van der Waals surface area contributed by atoms with Crippen LogP contribution in [0.4, 0.5) is 9.59 Å². The minimum absolute atomic E-state index is 0.0484. The Kier molecular flexibility index (Phi) is 9.76. The van der Waals surface area contributed by atoms with Crippen LogP contribution in [0.15, 0.2) is 28.1 Å². The molecule has 150 valence electrons. The predicted octanol–water partition coefficient (Wildman–Crippen LogP) is 4.88. The highest BCUT2D eigenvalue weighted by molar-refractivity contribution is 7.98. The van der Waals surface area contributed by atoms with Gasteiger partial charge in [0.2, 0.25) is 0 Å². The van der Waals surface area contributed by atoms with Crippen molar-refractivity contribution in [2.24, 2.45) is 4.99 Å². The number of hydrogen-bond donors (Lipinski definition) is 1. The summed E-state index contributed by atoms with van der Waals surface area (Å²) >= 11 is 13.0. The molecule has 0 heterocycles. The van der Waals surface area contributed by atoms with Crippen molar-refractivity contribution in [1.29, 1.82) is 0 Å². The third-order valence-electron chi connectivity index (χ3n) is 3.40. The highest BCUT2D eigenvalue weighted by Gasteiger charge is 2.27. The van der Waals surface area contributed by atoms with E-state index >= 15 is 0 Å². The molecular formula is C17H24Cl2N4O3S. The van der Waals surface area contributed by atoms with Crippen LogP contribution < -0.4 is 4.72 Å². The van der Waals surface area contributed by atoms with E-state index in [1.807, 2.05) is 13.8 Å². The van der Waals surface area contributed by atoms with Crippen molar-refractivity contribution in [2.45, 2.75) is 38.1 Å². The first-order valence-corrected chi connectivity index (χ1v) is 9.91. The summed E-state index contributed by atoms with van der Waals surface area (Å²) in [5.74, 6) is 0. The number of halogens is 2. The second kappa shape index (κ2) is 11.3. The summed E-state index contributed by atoms with van der Waals surface area (Å²) in [5.41, 5.74) is 0. The molecule has 0 saturated heterocycles. The van der Waals surface area contributed by atoms with Gasteiger partial charge in [0, 0.05) is 35.1 Å². The number of carbonyl (C=O) groups is 2. The first-order valence-electron chi connectivity index (χ1n) is 8.34. The van der Waals surface area contributed by atoms with Crippen LogP contribution >= 0.6 is 35.1 Å². The van der Waals surface area contributed by atoms with Crippen molar-refractivity contribution >= 4 is 53.2 Å². The Morgan fingerprint density at radius 3 is 2.30 bits per heavy atom. The van der Waals surface area contributed by atoms with Gasteiger partial charge < -0.3 is 9.64 Å². The molecule has 1 rings (SSSR count). The Morgan fingerprint density at radius 2 is 1.81 bits per heavy atom. The summed E-state index contributed by atoms with van der Waals surface area (Å²) < 4.78 is 8.19. The highest BCUT2D eigenvalue weighted by Crippen LogP contribution is 2.25. The molecule has 0 aliphatic carbocycles. The number of amidine groups is 1.